The van der Waals surface area contributed by atoms with Gasteiger partial charge >= 0.3 is 6.03 Å². The van der Waals surface area contributed by atoms with Crippen LogP contribution in [0.15, 0.2) is 33.5 Å². The molecule has 0 fully saturated rings. The Morgan fingerprint density at radius 2 is 1.93 bits per heavy atom. The van der Waals surface area contributed by atoms with Crippen LogP contribution in [0.4, 0.5) is 10.5 Å². The first-order chi connectivity index (χ1) is 6.95. The fourth-order valence-electron chi connectivity index (χ4n) is 0.977. The standard InChI is InChI=1S/C9H13N3O2S/c1-11-9(13)12-15(2,14)8-5-3-7(10)4-6-8/h3-6H,10H2,1-2H3,(H,11,13). The molecule has 0 aliphatic rings. The van der Waals surface area contributed by atoms with E-state index in [9.17, 15) is 9.00 Å². The monoisotopic (exact) mass is 227 g/mol. The molecule has 1 aromatic rings. The zero-order valence-electron chi connectivity index (χ0n) is 8.56. The molecule has 0 spiro atoms. The molecule has 0 bridgehead atoms. The SMILES string of the molecule is CNC(=O)N=S(C)(=O)c1ccc(N)cc1. The molecule has 0 aliphatic carbocycles. The van der Waals surface area contributed by atoms with E-state index in [2.05, 4.69) is 9.68 Å². The minimum Gasteiger partial charge on any atom is -0.399 e. The fraction of sp³-hybridized carbons (Fsp3) is 0.222. The van der Waals surface area contributed by atoms with Crippen LogP contribution < -0.4 is 11.1 Å². The topological polar surface area (TPSA) is 84.5 Å². The van der Waals surface area contributed by atoms with E-state index >= 15 is 0 Å². The summed E-state index contributed by atoms with van der Waals surface area (Å²) < 4.78 is 15.6. The summed E-state index contributed by atoms with van der Waals surface area (Å²) in [5, 5.41) is 2.29. The molecule has 5 nitrogen and oxygen atoms in total. The molecular weight excluding hydrogens is 214 g/mol. The maximum atomic E-state index is 12.0. The molecule has 0 heterocycles. The van der Waals surface area contributed by atoms with Crippen molar-refractivity contribution in [3.8, 4) is 0 Å². The summed E-state index contributed by atoms with van der Waals surface area (Å²) in [5.41, 5.74) is 6.07. The van der Waals surface area contributed by atoms with Gasteiger partial charge in [-0.15, -0.1) is 4.36 Å². The highest BCUT2D eigenvalue weighted by molar-refractivity contribution is 7.93. The lowest BCUT2D eigenvalue weighted by atomic mass is 10.3. The van der Waals surface area contributed by atoms with Gasteiger partial charge in [0.2, 0.25) is 0 Å². The van der Waals surface area contributed by atoms with Gasteiger partial charge in [0.15, 0.2) is 0 Å². The zero-order valence-corrected chi connectivity index (χ0v) is 9.38. The lowest BCUT2D eigenvalue weighted by Gasteiger charge is -2.03. The van der Waals surface area contributed by atoms with Gasteiger partial charge in [0.05, 0.1) is 9.73 Å². The number of carbonyl (C=O) groups is 1. The normalized spacial score (nSPS) is 14.0. The summed E-state index contributed by atoms with van der Waals surface area (Å²) in [5.74, 6) is 0. The quantitative estimate of drug-likeness (QED) is 0.704. The molecule has 2 amide bonds. The third-order valence-corrected chi connectivity index (χ3v) is 3.45. The molecule has 0 saturated heterocycles. The summed E-state index contributed by atoms with van der Waals surface area (Å²) in [6.07, 6.45) is 1.41. The van der Waals surface area contributed by atoms with E-state index in [0.29, 0.717) is 10.6 Å². The number of nitrogens with one attached hydrogen (secondary N) is 1. The number of nitrogen functional groups attached to an aromatic ring is 1. The molecule has 15 heavy (non-hydrogen) atoms. The minimum atomic E-state index is -2.68. The van der Waals surface area contributed by atoms with E-state index in [1.807, 2.05) is 0 Å². The lowest BCUT2D eigenvalue weighted by molar-refractivity contribution is 0.251. The second-order valence-electron chi connectivity index (χ2n) is 3.02. The maximum absolute atomic E-state index is 12.0. The van der Waals surface area contributed by atoms with Gasteiger partial charge in [0.25, 0.3) is 0 Å². The number of nitrogens with two attached hydrogens (primary N) is 1. The maximum Gasteiger partial charge on any atom is 0.349 e. The molecular formula is C9H13N3O2S. The molecule has 1 aromatic carbocycles. The first kappa shape index (κ1) is 11.5. The number of benzene rings is 1. The van der Waals surface area contributed by atoms with Gasteiger partial charge in [0.1, 0.15) is 0 Å². The van der Waals surface area contributed by atoms with Crippen LogP contribution in [-0.2, 0) is 9.73 Å². The average Bonchev–Trinajstić information content (AvgIpc) is 2.17. The Labute approximate surface area is 88.9 Å². The van der Waals surface area contributed by atoms with Crippen LogP contribution in [0.3, 0.4) is 0 Å². The summed E-state index contributed by atoms with van der Waals surface area (Å²) >= 11 is 0. The summed E-state index contributed by atoms with van der Waals surface area (Å²) in [4.78, 5) is 11.5. The summed E-state index contributed by atoms with van der Waals surface area (Å²) in [7, 11) is -1.25. The van der Waals surface area contributed by atoms with E-state index in [1.165, 1.54) is 13.3 Å². The van der Waals surface area contributed by atoms with Crippen LogP contribution in [0.5, 0.6) is 0 Å². The molecule has 6 heteroatoms. The van der Waals surface area contributed by atoms with E-state index in [0.717, 1.165) is 0 Å². The van der Waals surface area contributed by atoms with Crippen molar-refractivity contribution in [2.45, 2.75) is 4.90 Å². The van der Waals surface area contributed by atoms with Crippen LogP contribution in [-0.4, -0.2) is 23.5 Å². The van der Waals surface area contributed by atoms with Gasteiger partial charge in [-0.2, -0.15) is 0 Å². The Balaban J connectivity index is 3.17. The van der Waals surface area contributed by atoms with Crippen LogP contribution in [0.1, 0.15) is 0 Å². The van der Waals surface area contributed by atoms with Gasteiger partial charge in [-0.1, -0.05) is 0 Å². The highest BCUT2D eigenvalue weighted by Gasteiger charge is 2.07. The van der Waals surface area contributed by atoms with E-state index in [1.54, 1.807) is 24.3 Å². The van der Waals surface area contributed by atoms with Crippen LogP contribution in [0.2, 0.25) is 0 Å². The van der Waals surface area contributed by atoms with Gasteiger partial charge in [-0.25, -0.2) is 9.00 Å². The van der Waals surface area contributed by atoms with E-state index in [4.69, 9.17) is 5.73 Å². The Morgan fingerprint density at radius 1 is 1.40 bits per heavy atom. The predicted octanol–water partition coefficient (Wildman–Crippen LogP) is 1.06. The third kappa shape index (κ3) is 2.95. The highest BCUT2D eigenvalue weighted by atomic mass is 32.2. The Hall–Kier alpha value is -1.56. The first-order valence-electron chi connectivity index (χ1n) is 4.25. The largest absolute Gasteiger partial charge is 0.399 e. The van der Waals surface area contributed by atoms with Crippen LogP contribution >= 0.6 is 0 Å². The van der Waals surface area contributed by atoms with Crippen LogP contribution in [0.25, 0.3) is 0 Å². The van der Waals surface area contributed by atoms with Crippen molar-refractivity contribution in [2.24, 2.45) is 4.36 Å². The van der Waals surface area contributed by atoms with Crippen LogP contribution in [0, 0.1) is 0 Å². The molecule has 1 rings (SSSR count). The van der Waals surface area contributed by atoms with Crippen molar-refractivity contribution >= 4 is 21.4 Å². The molecule has 0 saturated carbocycles. The third-order valence-electron chi connectivity index (χ3n) is 1.79. The first-order valence-corrected chi connectivity index (χ1v) is 6.17. The number of amides is 2. The van der Waals surface area contributed by atoms with Gasteiger partial charge in [-0.3, -0.25) is 0 Å². The number of nitrogens with zero attached hydrogens (tertiary/aromatic N) is 1. The number of hydrogen-bond acceptors (Lipinski definition) is 3. The van der Waals surface area contributed by atoms with Crippen molar-refractivity contribution < 1.29 is 9.00 Å². The Morgan fingerprint density at radius 3 is 2.40 bits per heavy atom. The van der Waals surface area contributed by atoms with E-state index in [-0.39, 0.29) is 0 Å². The molecule has 0 aliphatic heterocycles. The second kappa shape index (κ2) is 4.31. The fourth-order valence-corrected chi connectivity index (χ4v) is 2.13. The molecule has 0 aromatic heterocycles. The number of urea groups is 1. The highest BCUT2D eigenvalue weighted by Crippen LogP contribution is 2.13. The lowest BCUT2D eigenvalue weighted by Crippen LogP contribution is -2.15. The van der Waals surface area contributed by atoms with Crippen molar-refractivity contribution in [1.82, 2.24) is 5.32 Å². The number of carbonyl (C=O) groups excluding carboxylic acids is 1. The number of hydrogen-bond donors (Lipinski definition) is 2. The van der Waals surface area contributed by atoms with Crippen molar-refractivity contribution in [3.63, 3.8) is 0 Å². The van der Waals surface area contributed by atoms with Gasteiger partial charge < -0.3 is 11.1 Å². The number of rotatable bonds is 1. The predicted molar refractivity (Wildman–Crippen MR) is 60.1 cm³/mol. The molecule has 1 atom stereocenters. The van der Waals surface area contributed by atoms with Crippen molar-refractivity contribution in [1.29, 1.82) is 0 Å². The Bertz CT molecular complexity index is 473. The van der Waals surface area contributed by atoms with Crippen molar-refractivity contribution in [3.05, 3.63) is 24.3 Å². The molecule has 1 unspecified atom stereocenters. The average molecular weight is 227 g/mol. The van der Waals surface area contributed by atoms with Gasteiger partial charge in [-0.05, 0) is 24.3 Å². The molecule has 82 valence electrons. The second-order valence-corrected chi connectivity index (χ2v) is 5.28. The summed E-state index contributed by atoms with van der Waals surface area (Å²) in [6.45, 7) is 0. The molecule has 3 N–H and O–H groups in total. The van der Waals surface area contributed by atoms with E-state index < -0.39 is 15.8 Å². The summed E-state index contributed by atoms with van der Waals surface area (Å²) in [6, 6.07) is 5.85. The zero-order chi connectivity index (χ0) is 11.5. The molecule has 0 radical (unpaired) electrons. The minimum absolute atomic E-state index is 0.486. The van der Waals surface area contributed by atoms with Gasteiger partial charge in [0, 0.05) is 23.9 Å². The van der Waals surface area contributed by atoms with Crippen molar-refractivity contribution in [2.75, 3.05) is 19.0 Å². The smallest absolute Gasteiger partial charge is 0.349 e. The Kier molecular flexibility index (Phi) is 3.31. The number of anilines is 1.